The van der Waals surface area contributed by atoms with Gasteiger partial charge in [0.1, 0.15) is 10.8 Å². The van der Waals surface area contributed by atoms with Crippen LogP contribution in [0.4, 0.5) is 0 Å². The minimum absolute atomic E-state index is 0.0876. The van der Waals surface area contributed by atoms with Gasteiger partial charge in [0.15, 0.2) is 15.8 Å². The van der Waals surface area contributed by atoms with Crippen molar-refractivity contribution in [3.8, 4) is 5.75 Å². The summed E-state index contributed by atoms with van der Waals surface area (Å²) in [7, 11) is -2.22. The summed E-state index contributed by atoms with van der Waals surface area (Å²) in [4.78, 5) is 37.6. The minimum atomic E-state index is -3.69. The fourth-order valence-electron chi connectivity index (χ4n) is 3.35. The lowest BCUT2D eigenvalue weighted by molar-refractivity contribution is -0.240. The van der Waals surface area contributed by atoms with Gasteiger partial charge in [0.2, 0.25) is 5.78 Å². The second-order valence-electron chi connectivity index (χ2n) is 7.62. The molecule has 0 radical (unpaired) electrons. The molecule has 0 saturated carbocycles. The molecule has 2 heterocycles. The molecule has 31 heavy (non-hydrogen) atoms. The first kappa shape index (κ1) is 22.5. The van der Waals surface area contributed by atoms with Gasteiger partial charge >= 0.3 is 11.9 Å². The van der Waals surface area contributed by atoms with Gasteiger partial charge in [-0.15, -0.1) is 0 Å². The van der Waals surface area contributed by atoms with E-state index in [-0.39, 0.29) is 23.7 Å². The molecule has 0 unspecified atom stereocenters. The predicted molar refractivity (Wildman–Crippen MR) is 108 cm³/mol. The number of ether oxygens (including phenoxy) is 3. The third-order valence-electron chi connectivity index (χ3n) is 4.79. The Labute approximate surface area is 179 Å². The number of hydrogen-bond donors (Lipinski definition) is 0. The number of ketones is 1. The topological polar surface area (TPSA) is 118 Å². The number of esters is 2. The number of methoxy groups -OCH3 is 1. The van der Waals surface area contributed by atoms with Crippen molar-refractivity contribution in [1.29, 1.82) is 0 Å². The second kappa shape index (κ2) is 8.18. The molecule has 9 nitrogen and oxygen atoms in total. The van der Waals surface area contributed by atoms with Gasteiger partial charge in [-0.25, -0.2) is 8.42 Å². The van der Waals surface area contributed by atoms with Gasteiger partial charge in [-0.3, -0.25) is 14.4 Å². The highest BCUT2D eigenvalue weighted by Gasteiger charge is 2.43. The van der Waals surface area contributed by atoms with Crippen LogP contribution >= 0.6 is 0 Å². The molecule has 10 heteroatoms. The Kier molecular flexibility index (Phi) is 5.95. The number of carbonyl (C=O) groups excluding carboxylic acids is 3. The zero-order chi connectivity index (χ0) is 23.0. The molecular weight excluding hydrogens is 426 g/mol. The van der Waals surface area contributed by atoms with Crippen molar-refractivity contribution in [2.45, 2.75) is 37.6 Å². The molecule has 166 valence electrons. The molecule has 3 rings (SSSR count). The summed E-state index contributed by atoms with van der Waals surface area (Å²) in [6.07, 6.45) is 0.924. The molecule has 0 bridgehead atoms. The highest BCUT2D eigenvalue weighted by Crippen LogP contribution is 2.27. The molecule has 1 aromatic carbocycles. The summed E-state index contributed by atoms with van der Waals surface area (Å²) in [6.45, 7) is 2.80. The zero-order valence-electron chi connectivity index (χ0n) is 17.6. The average Bonchev–Trinajstić information content (AvgIpc) is 3.10. The molecule has 1 saturated heterocycles. The molecule has 0 aliphatic carbocycles. The van der Waals surface area contributed by atoms with Gasteiger partial charge in [0, 0.05) is 32.2 Å². The van der Waals surface area contributed by atoms with E-state index in [1.165, 1.54) is 43.7 Å². The van der Waals surface area contributed by atoms with Crippen molar-refractivity contribution in [2.75, 3.05) is 13.4 Å². The lowest BCUT2D eigenvalue weighted by Gasteiger charge is -2.33. The average molecular weight is 449 g/mol. The first-order valence-corrected chi connectivity index (χ1v) is 11.4. The monoisotopic (exact) mass is 449 g/mol. The standard InChI is InChI=1S/C21H23NO8S/c1-21(2)29-19(24)15(20(25)30-21)10-11-22-16(8-9-17(22)31(4,26)27)18(23)13-6-5-7-14(12-13)28-3/h5-9,12,15H,10-11H2,1-4H3. The van der Waals surface area contributed by atoms with E-state index >= 15 is 0 Å². The first-order valence-electron chi connectivity index (χ1n) is 9.47. The maximum Gasteiger partial charge on any atom is 0.323 e. The number of nitrogens with zero attached hydrogens (tertiary/aromatic N) is 1. The Morgan fingerprint density at radius 3 is 2.35 bits per heavy atom. The number of cyclic esters (lactones) is 2. The third-order valence-corrected chi connectivity index (χ3v) is 5.90. The molecule has 2 aromatic rings. The molecule has 0 N–H and O–H groups in total. The van der Waals surface area contributed by atoms with Crippen molar-refractivity contribution in [2.24, 2.45) is 5.92 Å². The van der Waals surface area contributed by atoms with Crippen LogP contribution in [0.5, 0.6) is 5.75 Å². The lowest BCUT2D eigenvalue weighted by atomic mass is 10.0. The molecule has 1 aliphatic rings. The van der Waals surface area contributed by atoms with Crippen LogP contribution in [-0.4, -0.2) is 49.9 Å². The van der Waals surface area contributed by atoms with Crippen molar-refractivity contribution < 1.29 is 37.0 Å². The van der Waals surface area contributed by atoms with E-state index in [0.717, 1.165) is 6.26 Å². The van der Waals surface area contributed by atoms with E-state index < -0.39 is 39.3 Å². The SMILES string of the molecule is COc1cccc(C(=O)c2ccc(S(C)(=O)=O)n2CCC2C(=O)OC(C)(C)OC2=O)c1. The van der Waals surface area contributed by atoms with E-state index in [9.17, 15) is 22.8 Å². The maximum absolute atomic E-state index is 13.1. The molecular formula is C21H23NO8S. The van der Waals surface area contributed by atoms with Crippen LogP contribution in [0.25, 0.3) is 0 Å². The van der Waals surface area contributed by atoms with E-state index in [2.05, 4.69) is 0 Å². The summed E-state index contributed by atoms with van der Waals surface area (Å²) in [5.74, 6) is -4.04. The molecule has 1 aromatic heterocycles. The van der Waals surface area contributed by atoms with Crippen LogP contribution in [0.1, 0.15) is 36.3 Å². The molecule has 0 amide bonds. The normalized spacial score (nSPS) is 16.5. The minimum Gasteiger partial charge on any atom is -0.497 e. The highest BCUT2D eigenvalue weighted by molar-refractivity contribution is 7.90. The van der Waals surface area contributed by atoms with Crippen molar-refractivity contribution in [3.63, 3.8) is 0 Å². The van der Waals surface area contributed by atoms with E-state index in [1.54, 1.807) is 18.2 Å². The Morgan fingerprint density at radius 1 is 1.13 bits per heavy atom. The molecule has 1 aliphatic heterocycles. The Balaban J connectivity index is 1.93. The number of rotatable bonds is 7. The maximum atomic E-state index is 13.1. The lowest BCUT2D eigenvalue weighted by Crippen LogP contribution is -2.46. The largest absolute Gasteiger partial charge is 0.497 e. The van der Waals surface area contributed by atoms with E-state index in [1.807, 2.05) is 0 Å². The summed E-state index contributed by atoms with van der Waals surface area (Å²) >= 11 is 0. The third kappa shape index (κ3) is 4.79. The number of sulfone groups is 1. The van der Waals surface area contributed by atoms with Gasteiger partial charge in [-0.2, -0.15) is 0 Å². The number of aromatic nitrogens is 1. The highest BCUT2D eigenvalue weighted by atomic mass is 32.2. The Bertz CT molecular complexity index is 1130. The van der Waals surface area contributed by atoms with Crippen LogP contribution in [0, 0.1) is 5.92 Å². The van der Waals surface area contributed by atoms with Crippen LogP contribution in [-0.2, 0) is 35.4 Å². The van der Waals surface area contributed by atoms with Gasteiger partial charge in [-0.1, -0.05) is 12.1 Å². The summed E-state index contributed by atoms with van der Waals surface area (Å²) in [5, 5.41) is -0.100. The first-order chi connectivity index (χ1) is 14.4. The molecule has 0 atom stereocenters. The van der Waals surface area contributed by atoms with E-state index in [0.29, 0.717) is 11.3 Å². The van der Waals surface area contributed by atoms with Gasteiger partial charge in [-0.05, 0) is 30.7 Å². The zero-order valence-corrected chi connectivity index (χ0v) is 18.4. The number of carbonyl (C=O) groups is 3. The number of hydrogen-bond acceptors (Lipinski definition) is 8. The molecule has 1 fully saturated rings. The van der Waals surface area contributed by atoms with Crippen LogP contribution < -0.4 is 4.74 Å². The van der Waals surface area contributed by atoms with Crippen molar-refractivity contribution >= 4 is 27.6 Å². The Morgan fingerprint density at radius 2 is 1.77 bits per heavy atom. The van der Waals surface area contributed by atoms with Crippen LogP contribution in [0.3, 0.4) is 0 Å². The summed E-state index contributed by atoms with van der Waals surface area (Å²) in [5.41, 5.74) is 0.406. The summed E-state index contributed by atoms with van der Waals surface area (Å²) in [6, 6.07) is 9.17. The van der Waals surface area contributed by atoms with Gasteiger partial charge in [0.25, 0.3) is 5.79 Å². The van der Waals surface area contributed by atoms with Crippen molar-refractivity contribution in [3.05, 3.63) is 47.7 Å². The van der Waals surface area contributed by atoms with Crippen molar-refractivity contribution in [1.82, 2.24) is 4.57 Å². The Hall–Kier alpha value is -3.14. The van der Waals surface area contributed by atoms with Gasteiger partial charge in [0.05, 0.1) is 12.8 Å². The second-order valence-corrected chi connectivity index (χ2v) is 9.59. The quantitative estimate of drug-likeness (QED) is 0.358. The van der Waals surface area contributed by atoms with Crippen LogP contribution in [0.2, 0.25) is 0 Å². The number of benzene rings is 1. The molecule has 0 spiro atoms. The fourth-order valence-corrected chi connectivity index (χ4v) is 4.26. The van der Waals surface area contributed by atoms with Crippen LogP contribution in [0.15, 0.2) is 41.4 Å². The smallest absolute Gasteiger partial charge is 0.323 e. The van der Waals surface area contributed by atoms with Gasteiger partial charge < -0.3 is 18.8 Å². The summed E-state index contributed by atoms with van der Waals surface area (Å²) < 4.78 is 41.2. The fraction of sp³-hybridized carbons (Fsp3) is 0.381. The predicted octanol–water partition coefficient (Wildman–Crippen LogP) is 1.97. The van der Waals surface area contributed by atoms with E-state index in [4.69, 9.17) is 14.2 Å².